The van der Waals surface area contributed by atoms with Gasteiger partial charge in [0.1, 0.15) is 6.10 Å². The Morgan fingerprint density at radius 2 is 1.77 bits per heavy atom. The topological polar surface area (TPSA) is 72.5 Å². The molecule has 1 heterocycles. The molecule has 0 aromatic rings. The van der Waals surface area contributed by atoms with Gasteiger partial charge in [-0.05, 0) is 87.0 Å². The fraction of sp³-hybridized carbons (Fsp3) is 0.880. The first-order valence-electron chi connectivity index (χ1n) is 12.3. The number of hydrogen-bond acceptors (Lipinski definition) is 5. The van der Waals surface area contributed by atoms with Crippen molar-refractivity contribution in [3.63, 3.8) is 0 Å². The number of carbonyl (C=O) groups excluding carboxylic acids is 3. The van der Waals surface area contributed by atoms with E-state index in [-0.39, 0.29) is 64.6 Å². The highest BCUT2D eigenvalue weighted by molar-refractivity contribution is 6.39. The standard InChI is InChI=1S/C25H37NO4.ClH/c1-24-9-3-6-17(24)20-18(8-10-24)25(2)11-7-16(13-19(25)21(27)22(20)28)30-23(29)15-5-4-12-26-14-15;/h15-20,26H,3-14H2,1-2H3;1H/t15-,16+,17+,18+,19-,20+,24+,25-;/m1./s1. The zero-order valence-corrected chi connectivity index (χ0v) is 19.8. The highest BCUT2D eigenvalue weighted by Crippen LogP contribution is 2.64. The second-order valence-corrected chi connectivity index (χ2v) is 11.5. The van der Waals surface area contributed by atoms with Gasteiger partial charge in [-0.3, -0.25) is 14.4 Å². The van der Waals surface area contributed by atoms with Gasteiger partial charge in [-0.15, -0.1) is 12.4 Å². The molecule has 1 aliphatic heterocycles. The smallest absolute Gasteiger partial charge is 0.310 e. The highest BCUT2D eigenvalue weighted by Gasteiger charge is 2.64. The van der Waals surface area contributed by atoms with Crippen LogP contribution >= 0.6 is 12.4 Å². The number of Topliss-reactive ketones (excluding diaryl/α,β-unsaturated/α-hetero) is 2. The van der Waals surface area contributed by atoms with Crippen molar-refractivity contribution in [2.24, 2.45) is 40.4 Å². The number of fused-ring (bicyclic) bond motifs is 5. The molecule has 0 aromatic carbocycles. The molecule has 5 nitrogen and oxygen atoms in total. The Balaban J connectivity index is 0.00000231. The number of ether oxygens (including phenoxy) is 1. The predicted molar refractivity (Wildman–Crippen MR) is 120 cm³/mol. The third kappa shape index (κ3) is 3.68. The van der Waals surface area contributed by atoms with Gasteiger partial charge in [0.15, 0.2) is 0 Å². The van der Waals surface area contributed by atoms with E-state index in [4.69, 9.17) is 4.74 Å². The molecule has 5 aliphatic rings. The van der Waals surface area contributed by atoms with E-state index in [0.717, 1.165) is 45.1 Å². The fourth-order valence-electron chi connectivity index (χ4n) is 8.14. The second kappa shape index (κ2) is 8.44. The molecule has 4 aliphatic carbocycles. The summed E-state index contributed by atoms with van der Waals surface area (Å²) in [6.07, 6.45) is 9.68. The molecule has 0 unspecified atom stereocenters. The van der Waals surface area contributed by atoms with Gasteiger partial charge in [0.2, 0.25) is 11.6 Å². The van der Waals surface area contributed by atoms with Crippen molar-refractivity contribution in [1.82, 2.24) is 5.32 Å². The van der Waals surface area contributed by atoms with Crippen LogP contribution in [0.15, 0.2) is 0 Å². The highest BCUT2D eigenvalue weighted by atomic mass is 35.5. The number of hydrogen-bond donors (Lipinski definition) is 1. The van der Waals surface area contributed by atoms with Gasteiger partial charge < -0.3 is 10.1 Å². The molecule has 0 radical (unpaired) electrons. The third-order valence-electron chi connectivity index (χ3n) is 9.97. The molecular formula is C25H38ClNO4. The minimum absolute atomic E-state index is 0. The quantitative estimate of drug-likeness (QED) is 0.505. The Morgan fingerprint density at radius 1 is 0.968 bits per heavy atom. The average molecular weight is 452 g/mol. The SMILES string of the molecule is C[C@@]12CCC[C@H]1[C@@H]1C(=O)C(=O)[C@H]3C[C@@H](OC(=O)[C@@H]4CCCNC4)CC[C@]3(C)[C@H]1CC2.Cl. The number of rotatable bonds is 2. The van der Waals surface area contributed by atoms with Crippen molar-refractivity contribution in [3.05, 3.63) is 0 Å². The number of piperidine rings is 1. The first-order valence-corrected chi connectivity index (χ1v) is 12.3. The molecule has 174 valence electrons. The van der Waals surface area contributed by atoms with Gasteiger partial charge in [0.25, 0.3) is 0 Å². The van der Waals surface area contributed by atoms with E-state index in [9.17, 15) is 14.4 Å². The molecular weight excluding hydrogens is 414 g/mol. The van der Waals surface area contributed by atoms with E-state index in [1.807, 2.05) is 0 Å². The largest absolute Gasteiger partial charge is 0.462 e. The molecule has 4 saturated carbocycles. The first-order chi connectivity index (χ1) is 14.3. The molecule has 6 heteroatoms. The van der Waals surface area contributed by atoms with Crippen molar-refractivity contribution in [3.8, 4) is 0 Å². The number of nitrogens with one attached hydrogen (secondary N) is 1. The summed E-state index contributed by atoms with van der Waals surface area (Å²) >= 11 is 0. The van der Waals surface area contributed by atoms with Crippen molar-refractivity contribution in [1.29, 1.82) is 0 Å². The van der Waals surface area contributed by atoms with E-state index in [1.54, 1.807) is 0 Å². The average Bonchev–Trinajstić information content (AvgIpc) is 3.15. The van der Waals surface area contributed by atoms with Gasteiger partial charge >= 0.3 is 5.97 Å². The summed E-state index contributed by atoms with van der Waals surface area (Å²) in [5.41, 5.74) is 0.135. The molecule has 0 amide bonds. The third-order valence-corrected chi connectivity index (χ3v) is 9.97. The van der Waals surface area contributed by atoms with Gasteiger partial charge in [0.05, 0.1) is 5.92 Å². The van der Waals surface area contributed by atoms with Crippen LogP contribution in [0.1, 0.15) is 78.1 Å². The monoisotopic (exact) mass is 451 g/mol. The summed E-state index contributed by atoms with van der Waals surface area (Å²) in [5.74, 6) is -0.0664. The number of esters is 1. The maximum absolute atomic E-state index is 13.4. The molecule has 0 bridgehead atoms. The number of halogens is 1. The van der Waals surface area contributed by atoms with Crippen molar-refractivity contribution < 1.29 is 19.1 Å². The van der Waals surface area contributed by atoms with Crippen molar-refractivity contribution in [2.75, 3.05) is 13.1 Å². The maximum Gasteiger partial charge on any atom is 0.310 e. The Morgan fingerprint density at radius 3 is 2.52 bits per heavy atom. The van der Waals surface area contributed by atoms with E-state index in [2.05, 4.69) is 19.2 Å². The molecule has 1 N–H and O–H groups in total. The lowest BCUT2D eigenvalue weighted by atomic mass is 9.44. The van der Waals surface area contributed by atoms with Crippen LogP contribution in [0.3, 0.4) is 0 Å². The lowest BCUT2D eigenvalue weighted by Gasteiger charge is -2.58. The summed E-state index contributed by atoms with van der Waals surface area (Å²) in [6, 6.07) is 0. The van der Waals surface area contributed by atoms with Crippen LogP contribution in [-0.4, -0.2) is 36.7 Å². The zero-order chi connectivity index (χ0) is 21.1. The maximum atomic E-state index is 13.4. The second-order valence-electron chi connectivity index (χ2n) is 11.5. The van der Waals surface area contributed by atoms with Gasteiger partial charge in [-0.1, -0.05) is 20.3 Å². The van der Waals surface area contributed by atoms with Gasteiger partial charge in [0, 0.05) is 18.4 Å². The zero-order valence-electron chi connectivity index (χ0n) is 19.0. The Kier molecular flexibility index (Phi) is 6.33. The molecule has 5 rings (SSSR count). The molecule has 31 heavy (non-hydrogen) atoms. The fourth-order valence-corrected chi connectivity index (χ4v) is 8.14. The van der Waals surface area contributed by atoms with Gasteiger partial charge in [-0.25, -0.2) is 0 Å². The number of ketones is 2. The minimum Gasteiger partial charge on any atom is -0.462 e. The number of carbonyl (C=O) groups is 3. The Labute approximate surface area is 192 Å². The summed E-state index contributed by atoms with van der Waals surface area (Å²) in [5, 5.41) is 3.27. The van der Waals surface area contributed by atoms with Crippen LogP contribution in [0, 0.1) is 40.4 Å². The van der Waals surface area contributed by atoms with Crippen molar-refractivity contribution in [2.45, 2.75) is 84.2 Å². The lowest BCUT2D eigenvalue weighted by Crippen LogP contribution is -2.60. The molecule has 1 saturated heterocycles. The summed E-state index contributed by atoms with van der Waals surface area (Å²) in [7, 11) is 0. The predicted octanol–water partition coefficient (Wildman–Crippen LogP) is 4.11. The summed E-state index contributed by atoms with van der Waals surface area (Å²) in [6.45, 7) is 6.27. The van der Waals surface area contributed by atoms with Gasteiger partial charge in [-0.2, -0.15) is 0 Å². The van der Waals surface area contributed by atoms with E-state index in [0.29, 0.717) is 24.8 Å². The van der Waals surface area contributed by atoms with Crippen LogP contribution in [0.2, 0.25) is 0 Å². The van der Waals surface area contributed by atoms with E-state index < -0.39 is 0 Å². The van der Waals surface area contributed by atoms with Crippen LogP contribution in [0.25, 0.3) is 0 Å². The summed E-state index contributed by atoms with van der Waals surface area (Å²) in [4.78, 5) is 39.3. The molecule has 0 aromatic heterocycles. The molecule has 8 atom stereocenters. The van der Waals surface area contributed by atoms with E-state index in [1.165, 1.54) is 19.3 Å². The first kappa shape index (κ1) is 23.2. The Bertz CT molecular complexity index is 750. The lowest BCUT2D eigenvalue weighted by molar-refractivity contribution is -0.176. The van der Waals surface area contributed by atoms with Crippen LogP contribution in [0.5, 0.6) is 0 Å². The summed E-state index contributed by atoms with van der Waals surface area (Å²) < 4.78 is 5.89. The normalized spacial score (nSPS) is 46.9. The van der Waals surface area contributed by atoms with Crippen LogP contribution in [-0.2, 0) is 19.1 Å². The molecule has 0 spiro atoms. The molecule has 5 fully saturated rings. The van der Waals surface area contributed by atoms with E-state index >= 15 is 0 Å². The Hall–Kier alpha value is -0.940. The van der Waals surface area contributed by atoms with Crippen LogP contribution < -0.4 is 5.32 Å². The van der Waals surface area contributed by atoms with Crippen LogP contribution in [0.4, 0.5) is 0 Å². The van der Waals surface area contributed by atoms with Crippen molar-refractivity contribution >= 4 is 29.9 Å². The minimum atomic E-state index is -0.270.